The van der Waals surface area contributed by atoms with Gasteiger partial charge in [-0.05, 0) is 44.0 Å². The molecule has 2 nitrogen and oxygen atoms in total. The van der Waals surface area contributed by atoms with Crippen molar-refractivity contribution in [2.24, 2.45) is 0 Å². The number of esters is 1. The predicted molar refractivity (Wildman–Crippen MR) is 57.7 cm³/mol. The molecule has 0 radical (unpaired) electrons. The summed E-state index contributed by atoms with van der Waals surface area (Å²) in [4.78, 5) is 10.9. The molecule has 0 amide bonds. The van der Waals surface area contributed by atoms with Crippen LogP contribution in [0.4, 0.5) is 0 Å². The molecule has 0 spiro atoms. The zero-order valence-electron chi connectivity index (χ0n) is 6.59. The number of benzene rings is 1. The second-order valence-electron chi connectivity index (χ2n) is 2.18. The van der Waals surface area contributed by atoms with E-state index in [1.165, 1.54) is 0 Å². The first-order valence-corrected chi connectivity index (χ1v) is 5.02. The van der Waals surface area contributed by atoms with Crippen molar-refractivity contribution in [3.05, 3.63) is 39.8 Å². The van der Waals surface area contributed by atoms with Crippen LogP contribution < -0.4 is 4.74 Å². The summed E-state index contributed by atoms with van der Waals surface area (Å²) >= 11 is 6.53. The monoisotopic (exact) mass is 304 g/mol. The van der Waals surface area contributed by atoms with E-state index >= 15 is 0 Å². The van der Waals surface area contributed by atoms with E-state index in [0.717, 1.165) is 15.0 Å². The number of carbonyl (C=O) groups is 1. The normalized spacial score (nSPS) is 9.38. The van der Waals surface area contributed by atoms with Crippen LogP contribution in [0.15, 0.2) is 39.8 Å². The van der Waals surface area contributed by atoms with Gasteiger partial charge in [0.2, 0.25) is 0 Å². The number of hydrogen-bond acceptors (Lipinski definition) is 2. The molecule has 0 aromatic heterocycles. The summed E-state index contributed by atoms with van der Waals surface area (Å²) in [5.74, 6) is -0.0139. The van der Waals surface area contributed by atoms with Gasteiger partial charge in [0.15, 0.2) is 5.75 Å². The summed E-state index contributed by atoms with van der Waals surface area (Å²) < 4.78 is 6.41. The summed E-state index contributed by atoms with van der Waals surface area (Å²) in [7, 11) is 0. The van der Waals surface area contributed by atoms with Gasteiger partial charge in [-0.3, -0.25) is 0 Å². The van der Waals surface area contributed by atoms with Gasteiger partial charge in [-0.2, -0.15) is 0 Å². The summed E-state index contributed by atoms with van der Waals surface area (Å²) in [5, 5.41) is 0. The standard InChI is InChI=1S/C9H6Br2O2/c1-2-8(12)13-9-6(10)4-3-5-7(9)11/h2-5H,1H2. The Bertz CT molecular complexity index is 327. The van der Waals surface area contributed by atoms with E-state index in [0.29, 0.717) is 5.75 Å². The predicted octanol–water partition coefficient (Wildman–Crippen LogP) is 3.30. The van der Waals surface area contributed by atoms with Crippen LogP contribution in [0.5, 0.6) is 5.75 Å². The molecular weight excluding hydrogens is 300 g/mol. The average molecular weight is 306 g/mol. The molecule has 0 saturated carbocycles. The van der Waals surface area contributed by atoms with E-state index < -0.39 is 5.97 Å². The molecule has 0 bridgehead atoms. The Morgan fingerprint density at radius 3 is 2.38 bits per heavy atom. The molecule has 0 atom stereocenters. The number of halogens is 2. The van der Waals surface area contributed by atoms with Crippen molar-refractivity contribution < 1.29 is 9.53 Å². The smallest absolute Gasteiger partial charge is 0.335 e. The first-order chi connectivity index (χ1) is 6.15. The van der Waals surface area contributed by atoms with Crippen molar-refractivity contribution in [1.82, 2.24) is 0 Å². The minimum absolute atomic E-state index is 0.465. The lowest BCUT2D eigenvalue weighted by atomic mass is 10.3. The largest absolute Gasteiger partial charge is 0.421 e. The van der Waals surface area contributed by atoms with Crippen molar-refractivity contribution >= 4 is 37.8 Å². The van der Waals surface area contributed by atoms with Gasteiger partial charge in [-0.1, -0.05) is 12.6 Å². The summed E-state index contributed by atoms with van der Waals surface area (Å²) in [5.41, 5.74) is 0. The van der Waals surface area contributed by atoms with Gasteiger partial charge in [0, 0.05) is 6.08 Å². The Morgan fingerprint density at radius 2 is 1.92 bits per heavy atom. The molecule has 0 aliphatic rings. The summed E-state index contributed by atoms with van der Waals surface area (Å²) in [6.07, 6.45) is 1.12. The number of hydrogen-bond donors (Lipinski definition) is 0. The fourth-order valence-corrected chi connectivity index (χ4v) is 1.88. The minimum atomic E-state index is -0.479. The van der Waals surface area contributed by atoms with Crippen LogP contribution in [-0.4, -0.2) is 5.97 Å². The molecule has 68 valence electrons. The second kappa shape index (κ2) is 4.58. The Hall–Kier alpha value is -0.610. The number of carbonyl (C=O) groups excluding carboxylic acids is 1. The van der Waals surface area contributed by atoms with E-state index in [2.05, 4.69) is 38.4 Å². The van der Waals surface area contributed by atoms with Gasteiger partial charge in [-0.15, -0.1) is 0 Å². The highest BCUT2D eigenvalue weighted by atomic mass is 79.9. The molecular formula is C9H6Br2O2. The molecule has 0 fully saturated rings. The molecule has 1 aromatic rings. The van der Waals surface area contributed by atoms with Crippen molar-refractivity contribution in [3.8, 4) is 5.75 Å². The van der Waals surface area contributed by atoms with E-state index in [-0.39, 0.29) is 0 Å². The number of para-hydroxylation sites is 1. The molecule has 0 aliphatic heterocycles. The van der Waals surface area contributed by atoms with E-state index in [1.54, 1.807) is 12.1 Å². The van der Waals surface area contributed by atoms with E-state index in [9.17, 15) is 4.79 Å². The van der Waals surface area contributed by atoms with Crippen LogP contribution in [-0.2, 0) is 4.79 Å². The molecule has 0 saturated heterocycles. The maximum Gasteiger partial charge on any atom is 0.335 e. The third-order valence-corrected chi connectivity index (χ3v) is 2.54. The van der Waals surface area contributed by atoms with Gasteiger partial charge in [0.1, 0.15) is 0 Å². The summed E-state index contributed by atoms with van der Waals surface area (Å²) in [6.45, 7) is 3.31. The van der Waals surface area contributed by atoms with Crippen LogP contribution >= 0.6 is 31.9 Å². The van der Waals surface area contributed by atoms with Gasteiger partial charge in [-0.25, -0.2) is 4.79 Å². The highest BCUT2D eigenvalue weighted by molar-refractivity contribution is 9.11. The van der Waals surface area contributed by atoms with Crippen LogP contribution in [0.1, 0.15) is 0 Å². The van der Waals surface area contributed by atoms with Crippen LogP contribution in [0, 0.1) is 0 Å². The molecule has 0 N–H and O–H groups in total. The fourth-order valence-electron chi connectivity index (χ4n) is 0.722. The van der Waals surface area contributed by atoms with Gasteiger partial charge >= 0.3 is 5.97 Å². The molecule has 0 aliphatic carbocycles. The number of rotatable bonds is 2. The topological polar surface area (TPSA) is 26.3 Å². The van der Waals surface area contributed by atoms with Crippen molar-refractivity contribution in [2.45, 2.75) is 0 Å². The van der Waals surface area contributed by atoms with Gasteiger partial charge in [0.25, 0.3) is 0 Å². The second-order valence-corrected chi connectivity index (χ2v) is 3.88. The Morgan fingerprint density at radius 1 is 1.38 bits per heavy atom. The Balaban J connectivity index is 2.99. The highest BCUT2D eigenvalue weighted by Gasteiger charge is 2.08. The van der Waals surface area contributed by atoms with Gasteiger partial charge in [0.05, 0.1) is 8.95 Å². The third kappa shape index (κ3) is 2.67. The van der Waals surface area contributed by atoms with E-state index in [1.807, 2.05) is 6.07 Å². The molecule has 1 aromatic carbocycles. The molecule has 0 unspecified atom stereocenters. The SMILES string of the molecule is C=CC(=O)Oc1c(Br)cccc1Br. The van der Waals surface area contributed by atoms with E-state index in [4.69, 9.17) is 4.74 Å². The molecule has 4 heteroatoms. The number of ether oxygens (including phenoxy) is 1. The third-order valence-electron chi connectivity index (χ3n) is 1.29. The minimum Gasteiger partial charge on any atom is -0.421 e. The van der Waals surface area contributed by atoms with Crippen molar-refractivity contribution in [3.63, 3.8) is 0 Å². The Labute approximate surface area is 92.8 Å². The Kier molecular flexibility index (Phi) is 3.69. The first kappa shape index (κ1) is 10.5. The van der Waals surface area contributed by atoms with Crippen LogP contribution in [0.3, 0.4) is 0 Å². The average Bonchev–Trinajstić information content (AvgIpc) is 2.11. The lowest BCUT2D eigenvalue weighted by Gasteiger charge is -2.05. The zero-order chi connectivity index (χ0) is 9.84. The summed E-state index contributed by atoms with van der Waals surface area (Å²) in [6, 6.07) is 5.41. The molecule has 1 rings (SSSR count). The first-order valence-electron chi connectivity index (χ1n) is 3.43. The fraction of sp³-hybridized carbons (Fsp3) is 0. The van der Waals surface area contributed by atoms with Crippen LogP contribution in [0.2, 0.25) is 0 Å². The van der Waals surface area contributed by atoms with Gasteiger partial charge < -0.3 is 4.74 Å². The lowest BCUT2D eigenvalue weighted by Crippen LogP contribution is -2.03. The molecule has 0 heterocycles. The zero-order valence-corrected chi connectivity index (χ0v) is 9.76. The van der Waals surface area contributed by atoms with Crippen molar-refractivity contribution in [1.29, 1.82) is 0 Å². The molecule has 13 heavy (non-hydrogen) atoms. The maximum atomic E-state index is 10.9. The van der Waals surface area contributed by atoms with Crippen molar-refractivity contribution in [2.75, 3.05) is 0 Å². The highest BCUT2D eigenvalue weighted by Crippen LogP contribution is 2.32. The quantitative estimate of drug-likeness (QED) is 0.476. The maximum absolute atomic E-state index is 10.9. The lowest BCUT2D eigenvalue weighted by molar-refractivity contribution is -0.129. The van der Waals surface area contributed by atoms with Crippen LogP contribution in [0.25, 0.3) is 0 Å².